The van der Waals surface area contributed by atoms with Crippen LogP contribution in [0, 0.1) is 0 Å². The van der Waals surface area contributed by atoms with Crippen molar-refractivity contribution in [2.24, 2.45) is 0 Å². The molecule has 2 N–H and O–H groups in total. The fourth-order valence-electron chi connectivity index (χ4n) is 2.14. The summed E-state index contributed by atoms with van der Waals surface area (Å²) < 4.78 is 5.20. The maximum absolute atomic E-state index is 12.1. The summed E-state index contributed by atoms with van der Waals surface area (Å²) in [5, 5.41) is 3.35. The summed E-state index contributed by atoms with van der Waals surface area (Å²) in [6.45, 7) is 0.637. The van der Waals surface area contributed by atoms with Gasteiger partial charge in [0.25, 0.3) is 5.56 Å². The van der Waals surface area contributed by atoms with E-state index in [9.17, 15) is 4.79 Å². The summed E-state index contributed by atoms with van der Waals surface area (Å²) in [6, 6.07) is 12.1. The molecule has 3 rings (SSSR count). The van der Waals surface area contributed by atoms with Gasteiger partial charge in [-0.15, -0.1) is 0 Å². The summed E-state index contributed by atoms with van der Waals surface area (Å²) in [4.78, 5) is 15.0. The van der Waals surface area contributed by atoms with Gasteiger partial charge in [-0.25, -0.2) is 0 Å². The fourth-order valence-corrected chi connectivity index (χ4v) is 2.14. The van der Waals surface area contributed by atoms with Crippen molar-refractivity contribution in [3.05, 3.63) is 52.3 Å². The molecule has 2 aromatic rings. The van der Waals surface area contributed by atoms with E-state index in [0.717, 1.165) is 22.6 Å². The van der Waals surface area contributed by atoms with Gasteiger partial charge in [0, 0.05) is 29.4 Å². The van der Waals surface area contributed by atoms with Crippen LogP contribution in [0.2, 0.25) is 0 Å². The second-order valence-corrected chi connectivity index (χ2v) is 5.11. The zero-order chi connectivity index (χ0) is 13.9. The van der Waals surface area contributed by atoms with Crippen LogP contribution in [-0.2, 0) is 6.54 Å². The number of nitrogens with one attached hydrogen (secondary N) is 2. The Hall–Kier alpha value is -2.07. The Morgan fingerprint density at radius 2 is 2.15 bits per heavy atom. The summed E-state index contributed by atoms with van der Waals surface area (Å²) in [7, 11) is 1.63. The maximum atomic E-state index is 12.1. The molecule has 1 aromatic carbocycles. The van der Waals surface area contributed by atoms with Gasteiger partial charge in [0.05, 0.1) is 7.11 Å². The van der Waals surface area contributed by atoms with Crippen molar-refractivity contribution in [3.8, 4) is 17.0 Å². The third-order valence-corrected chi connectivity index (χ3v) is 3.53. The Morgan fingerprint density at radius 1 is 1.30 bits per heavy atom. The van der Waals surface area contributed by atoms with Gasteiger partial charge < -0.3 is 15.0 Å². The van der Waals surface area contributed by atoms with Gasteiger partial charge in [0.2, 0.25) is 0 Å². The van der Waals surface area contributed by atoms with E-state index in [1.807, 2.05) is 36.4 Å². The fraction of sp³-hybridized carbons (Fsp3) is 0.312. The smallest absolute Gasteiger partial charge is 0.252 e. The topological polar surface area (TPSA) is 54.1 Å². The van der Waals surface area contributed by atoms with Crippen molar-refractivity contribution in [1.82, 2.24) is 10.3 Å². The van der Waals surface area contributed by atoms with E-state index in [1.165, 1.54) is 12.8 Å². The average Bonchev–Trinajstić information content (AvgIpc) is 3.30. The first kappa shape index (κ1) is 12.9. The van der Waals surface area contributed by atoms with Crippen LogP contribution >= 0.6 is 0 Å². The van der Waals surface area contributed by atoms with Crippen LogP contribution in [0.3, 0.4) is 0 Å². The molecule has 0 unspecified atom stereocenters. The normalized spacial score (nSPS) is 14.2. The van der Waals surface area contributed by atoms with Crippen LogP contribution in [-0.4, -0.2) is 18.1 Å². The van der Waals surface area contributed by atoms with Crippen molar-refractivity contribution < 1.29 is 4.74 Å². The second kappa shape index (κ2) is 5.51. The molecule has 104 valence electrons. The van der Waals surface area contributed by atoms with Gasteiger partial charge in [-0.1, -0.05) is 18.2 Å². The lowest BCUT2D eigenvalue weighted by Gasteiger charge is -2.06. The molecule has 4 nitrogen and oxygen atoms in total. The number of pyridine rings is 1. The molecule has 1 aliphatic carbocycles. The summed E-state index contributed by atoms with van der Waals surface area (Å²) in [5.74, 6) is 0.780. The Kier molecular flexibility index (Phi) is 3.56. The molecule has 1 fully saturated rings. The summed E-state index contributed by atoms with van der Waals surface area (Å²) >= 11 is 0. The lowest BCUT2D eigenvalue weighted by atomic mass is 10.1. The molecular formula is C16H18N2O2. The lowest BCUT2D eigenvalue weighted by Crippen LogP contribution is -2.22. The molecule has 20 heavy (non-hydrogen) atoms. The number of aromatic amines is 1. The molecular weight excluding hydrogens is 252 g/mol. The number of hydrogen-bond donors (Lipinski definition) is 2. The lowest BCUT2D eigenvalue weighted by molar-refractivity contribution is 0.415. The molecule has 0 aliphatic heterocycles. The number of methoxy groups -OCH3 is 1. The van der Waals surface area contributed by atoms with Gasteiger partial charge >= 0.3 is 0 Å². The van der Waals surface area contributed by atoms with Crippen LogP contribution in [0.15, 0.2) is 41.2 Å². The minimum atomic E-state index is -0.0292. The van der Waals surface area contributed by atoms with E-state index < -0.39 is 0 Å². The summed E-state index contributed by atoms with van der Waals surface area (Å²) in [6.07, 6.45) is 2.44. The van der Waals surface area contributed by atoms with Crippen molar-refractivity contribution in [2.45, 2.75) is 25.4 Å². The number of hydrogen-bond acceptors (Lipinski definition) is 3. The van der Waals surface area contributed by atoms with Crippen LogP contribution in [0.5, 0.6) is 5.75 Å². The van der Waals surface area contributed by atoms with Crippen LogP contribution in [0.4, 0.5) is 0 Å². The first-order chi connectivity index (χ1) is 9.76. The molecule has 0 atom stereocenters. The minimum Gasteiger partial charge on any atom is -0.497 e. The predicted molar refractivity (Wildman–Crippen MR) is 78.9 cm³/mol. The Labute approximate surface area is 117 Å². The van der Waals surface area contributed by atoms with Crippen molar-refractivity contribution >= 4 is 0 Å². The number of aromatic nitrogens is 1. The van der Waals surface area contributed by atoms with Gasteiger partial charge in [0.1, 0.15) is 5.75 Å². The van der Waals surface area contributed by atoms with E-state index in [4.69, 9.17) is 4.74 Å². The Bertz CT molecular complexity index is 660. The van der Waals surface area contributed by atoms with Gasteiger partial charge in [-0.3, -0.25) is 4.79 Å². The van der Waals surface area contributed by atoms with Crippen molar-refractivity contribution in [3.63, 3.8) is 0 Å². The molecule has 0 radical (unpaired) electrons. The minimum absolute atomic E-state index is 0.0292. The van der Waals surface area contributed by atoms with Crippen LogP contribution < -0.4 is 15.6 Å². The van der Waals surface area contributed by atoms with Gasteiger partial charge in [-0.2, -0.15) is 0 Å². The summed E-state index contributed by atoms with van der Waals surface area (Å²) in [5.41, 5.74) is 2.51. The largest absolute Gasteiger partial charge is 0.497 e. The molecule has 1 heterocycles. The number of ether oxygens (including phenoxy) is 1. The first-order valence-corrected chi connectivity index (χ1v) is 6.86. The molecule has 4 heteroatoms. The van der Waals surface area contributed by atoms with E-state index in [1.54, 1.807) is 7.11 Å². The Balaban J connectivity index is 1.82. The molecule has 0 spiro atoms. The quantitative estimate of drug-likeness (QED) is 0.876. The number of rotatable bonds is 5. The molecule has 1 aromatic heterocycles. The van der Waals surface area contributed by atoms with E-state index in [2.05, 4.69) is 10.3 Å². The van der Waals surface area contributed by atoms with Crippen LogP contribution in [0.25, 0.3) is 11.3 Å². The van der Waals surface area contributed by atoms with Gasteiger partial charge in [0.15, 0.2) is 0 Å². The third-order valence-electron chi connectivity index (χ3n) is 3.53. The standard InChI is InChI=1S/C16H18N2O2/c1-20-14-4-2-3-11(9-14)15-8-5-12(16(19)18-15)10-17-13-6-7-13/h2-5,8-9,13,17H,6-7,10H2,1H3,(H,18,19). The zero-order valence-electron chi connectivity index (χ0n) is 11.5. The predicted octanol–water partition coefficient (Wildman–Crippen LogP) is 2.30. The molecule has 0 bridgehead atoms. The average molecular weight is 270 g/mol. The molecule has 1 aliphatic rings. The Morgan fingerprint density at radius 3 is 2.85 bits per heavy atom. The first-order valence-electron chi connectivity index (χ1n) is 6.86. The van der Waals surface area contributed by atoms with Crippen LogP contribution in [0.1, 0.15) is 18.4 Å². The monoisotopic (exact) mass is 270 g/mol. The highest BCUT2D eigenvalue weighted by atomic mass is 16.5. The highest BCUT2D eigenvalue weighted by Crippen LogP contribution is 2.22. The molecule has 0 amide bonds. The van der Waals surface area contributed by atoms with E-state index in [-0.39, 0.29) is 5.56 Å². The zero-order valence-corrected chi connectivity index (χ0v) is 11.5. The third kappa shape index (κ3) is 2.91. The SMILES string of the molecule is COc1cccc(-c2ccc(CNC3CC3)c(=O)[nH]2)c1. The molecule has 0 saturated heterocycles. The van der Waals surface area contributed by atoms with Crippen molar-refractivity contribution in [2.75, 3.05) is 7.11 Å². The number of benzene rings is 1. The maximum Gasteiger partial charge on any atom is 0.252 e. The highest BCUT2D eigenvalue weighted by molar-refractivity contribution is 5.61. The number of H-pyrrole nitrogens is 1. The van der Waals surface area contributed by atoms with Gasteiger partial charge in [-0.05, 0) is 31.0 Å². The van der Waals surface area contributed by atoms with E-state index in [0.29, 0.717) is 12.6 Å². The second-order valence-electron chi connectivity index (χ2n) is 5.11. The van der Waals surface area contributed by atoms with Crippen molar-refractivity contribution in [1.29, 1.82) is 0 Å². The highest BCUT2D eigenvalue weighted by Gasteiger charge is 2.20. The molecule has 1 saturated carbocycles. The van der Waals surface area contributed by atoms with E-state index >= 15 is 0 Å².